The van der Waals surface area contributed by atoms with Gasteiger partial charge < -0.3 is 11.1 Å². The number of carbonyl (C=O) groups excluding carboxylic acids is 1. The molecule has 0 heterocycles. The summed E-state index contributed by atoms with van der Waals surface area (Å²) in [7, 11) is -3.48. The van der Waals surface area contributed by atoms with E-state index in [2.05, 4.69) is 5.32 Å². The summed E-state index contributed by atoms with van der Waals surface area (Å²) in [5.41, 5.74) is 8.57. The van der Waals surface area contributed by atoms with Crippen LogP contribution < -0.4 is 11.1 Å². The minimum absolute atomic E-state index is 0.0731. The van der Waals surface area contributed by atoms with Crippen LogP contribution in [0.15, 0.2) is 71.6 Å². The van der Waals surface area contributed by atoms with E-state index in [9.17, 15) is 18.3 Å². The first-order valence-electron chi connectivity index (χ1n) is 8.96. The van der Waals surface area contributed by atoms with Gasteiger partial charge in [0, 0.05) is 24.1 Å². The van der Waals surface area contributed by atoms with Crippen LogP contribution in [0, 0.1) is 0 Å². The van der Waals surface area contributed by atoms with Crippen LogP contribution in [0.5, 0.6) is 5.75 Å². The van der Waals surface area contributed by atoms with E-state index in [-0.39, 0.29) is 23.0 Å². The van der Waals surface area contributed by atoms with Gasteiger partial charge in [-0.05, 0) is 47.0 Å². The zero-order chi connectivity index (χ0) is 21.0. The summed E-state index contributed by atoms with van der Waals surface area (Å²) in [4.78, 5) is 12.7. The fourth-order valence-electron chi connectivity index (χ4n) is 3.15. The van der Waals surface area contributed by atoms with Crippen LogP contribution in [0.1, 0.15) is 11.1 Å². The van der Waals surface area contributed by atoms with Crippen molar-refractivity contribution in [3.63, 3.8) is 0 Å². The second kappa shape index (κ2) is 8.46. The number of sulfone groups is 1. The van der Waals surface area contributed by atoms with Crippen LogP contribution >= 0.6 is 0 Å². The van der Waals surface area contributed by atoms with Gasteiger partial charge in [0.15, 0.2) is 15.6 Å². The van der Waals surface area contributed by atoms with Crippen molar-refractivity contribution in [2.75, 3.05) is 11.6 Å². The van der Waals surface area contributed by atoms with Crippen molar-refractivity contribution in [2.24, 2.45) is 5.73 Å². The lowest BCUT2D eigenvalue weighted by Crippen LogP contribution is -2.15. The summed E-state index contributed by atoms with van der Waals surface area (Å²) < 4.78 is 24.4. The largest absolute Gasteiger partial charge is 0.326 e. The maximum atomic E-state index is 12.6. The van der Waals surface area contributed by atoms with Crippen molar-refractivity contribution in [1.29, 1.82) is 0 Å². The van der Waals surface area contributed by atoms with E-state index >= 15 is 0 Å². The summed E-state index contributed by atoms with van der Waals surface area (Å²) in [5.74, 6) is -0.568. The molecule has 0 atom stereocenters. The zero-order valence-corrected chi connectivity index (χ0v) is 16.7. The monoisotopic (exact) mass is 409 g/mol. The van der Waals surface area contributed by atoms with Crippen LogP contribution in [0.2, 0.25) is 0 Å². The van der Waals surface area contributed by atoms with Gasteiger partial charge in [-0.1, -0.05) is 36.4 Å². The minimum Gasteiger partial charge on any atom is -0.326 e. The number of hydrogen-bond donors (Lipinski definition) is 2. The van der Waals surface area contributed by atoms with Crippen molar-refractivity contribution in [3.8, 4) is 16.9 Å². The Morgan fingerprint density at radius 3 is 2.45 bits per heavy atom. The van der Waals surface area contributed by atoms with Gasteiger partial charge in [0.05, 0.1) is 11.3 Å². The molecular weight excluding hydrogens is 388 g/mol. The van der Waals surface area contributed by atoms with Crippen LogP contribution in [0.4, 0.5) is 5.69 Å². The van der Waals surface area contributed by atoms with Crippen molar-refractivity contribution < 1.29 is 18.3 Å². The summed E-state index contributed by atoms with van der Waals surface area (Å²) in [6.45, 7) is 0.356. The first-order valence-corrected chi connectivity index (χ1v) is 10.9. The molecule has 3 aromatic rings. The van der Waals surface area contributed by atoms with E-state index in [0.29, 0.717) is 28.9 Å². The molecule has 0 aliphatic heterocycles. The molecule has 0 saturated carbocycles. The number of nitrogens with one attached hydrogen (secondary N) is 1. The van der Waals surface area contributed by atoms with Gasteiger partial charge in [0.2, 0.25) is 5.91 Å². The Hall–Kier alpha value is -3.16. The maximum Gasteiger partial charge on any atom is 0.228 e. The Balaban J connectivity index is 1.95. The zero-order valence-electron chi connectivity index (χ0n) is 15.9. The third kappa shape index (κ3) is 5.01. The molecule has 6 nitrogen and oxygen atoms in total. The Morgan fingerprint density at radius 2 is 1.72 bits per heavy atom. The smallest absolute Gasteiger partial charge is 0.228 e. The highest BCUT2D eigenvalue weighted by Crippen LogP contribution is 2.32. The molecule has 3 N–H and O–H groups in total. The first kappa shape index (κ1) is 20.6. The molecule has 0 saturated heterocycles. The molecule has 29 heavy (non-hydrogen) atoms. The lowest BCUT2D eigenvalue weighted by molar-refractivity contribution is -0.115. The predicted molar refractivity (Wildman–Crippen MR) is 112 cm³/mol. The summed E-state index contributed by atoms with van der Waals surface area (Å²) in [6.07, 6.45) is 1.06. The van der Waals surface area contributed by atoms with Crippen LogP contribution in [0.3, 0.4) is 0 Å². The summed E-state index contributed by atoms with van der Waals surface area (Å²) >= 11 is 0. The number of nitrogens with two attached hydrogens (primary N) is 1. The molecule has 149 valence electrons. The molecule has 1 amide bonds. The summed E-state index contributed by atoms with van der Waals surface area (Å²) in [6, 6.07) is 18.0. The molecule has 0 aliphatic rings. The van der Waals surface area contributed by atoms with Gasteiger partial charge in [-0.3, -0.25) is 9.90 Å². The van der Waals surface area contributed by atoms with Crippen molar-refractivity contribution >= 4 is 21.4 Å². The van der Waals surface area contributed by atoms with Gasteiger partial charge in [-0.25, -0.2) is 8.42 Å². The van der Waals surface area contributed by atoms with E-state index in [4.69, 9.17) is 5.73 Å². The van der Waals surface area contributed by atoms with Gasteiger partial charge in [0.25, 0.3) is 0 Å². The lowest BCUT2D eigenvalue weighted by atomic mass is 9.97. The lowest BCUT2D eigenvalue weighted by Gasteiger charge is -2.13. The normalized spacial score (nSPS) is 11.2. The molecule has 0 spiro atoms. The highest BCUT2D eigenvalue weighted by atomic mass is 32.2. The number of amides is 1. The average Bonchev–Trinajstić information content (AvgIpc) is 2.67. The van der Waals surface area contributed by atoms with E-state index in [1.165, 1.54) is 18.2 Å². The second-order valence-corrected chi connectivity index (χ2v) is 8.70. The van der Waals surface area contributed by atoms with E-state index in [1.54, 1.807) is 42.5 Å². The standard InChI is InChI=1S/C22H21N2O4S/c1-29(27,28)21-8-3-2-7-20(21)19-10-9-18(25)12-16(19)13-22(26)24-17-6-4-5-15(11-17)14-23/h2-12H,13-14,23H2,1H3,(H,24,26). The van der Waals surface area contributed by atoms with Crippen LogP contribution in [-0.2, 0) is 32.7 Å². The van der Waals surface area contributed by atoms with Gasteiger partial charge >= 0.3 is 0 Å². The van der Waals surface area contributed by atoms with Crippen molar-refractivity contribution in [3.05, 3.63) is 77.9 Å². The van der Waals surface area contributed by atoms with Crippen molar-refractivity contribution in [2.45, 2.75) is 17.9 Å². The number of hydrogen-bond acceptors (Lipinski definition) is 4. The number of rotatable bonds is 6. The second-order valence-electron chi connectivity index (χ2n) is 6.72. The maximum absolute atomic E-state index is 12.6. The molecule has 0 unspecified atom stereocenters. The highest BCUT2D eigenvalue weighted by molar-refractivity contribution is 7.90. The molecule has 0 fully saturated rings. The molecular formula is C22H21N2O4S. The van der Waals surface area contributed by atoms with Crippen molar-refractivity contribution in [1.82, 2.24) is 0 Å². The summed E-state index contributed by atoms with van der Waals surface area (Å²) in [5, 5.41) is 14.7. The fraction of sp³-hybridized carbons (Fsp3) is 0.136. The molecule has 3 rings (SSSR count). The van der Waals surface area contributed by atoms with Gasteiger partial charge in [-0.15, -0.1) is 0 Å². The Labute approximate surface area is 169 Å². The Kier molecular flexibility index (Phi) is 6.00. The molecule has 3 aromatic carbocycles. The third-order valence-corrected chi connectivity index (χ3v) is 5.61. The van der Waals surface area contributed by atoms with E-state index < -0.39 is 9.84 Å². The van der Waals surface area contributed by atoms with E-state index in [1.807, 2.05) is 6.07 Å². The third-order valence-electron chi connectivity index (χ3n) is 4.45. The van der Waals surface area contributed by atoms with Crippen LogP contribution in [0.25, 0.3) is 11.1 Å². The average molecular weight is 409 g/mol. The molecule has 0 aromatic heterocycles. The molecule has 0 aliphatic carbocycles. The highest BCUT2D eigenvalue weighted by Gasteiger charge is 2.18. The minimum atomic E-state index is -3.48. The molecule has 1 radical (unpaired) electrons. The quantitative estimate of drug-likeness (QED) is 0.649. The Morgan fingerprint density at radius 1 is 0.966 bits per heavy atom. The topological polar surface area (TPSA) is 109 Å². The van der Waals surface area contributed by atoms with Gasteiger partial charge in [0.1, 0.15) is 0 Å². The number of benzene rings is 3. The number of carbonyl (C=O) groups is 1. The predicted octanol–water partition coefficient (Wildman–Crippen LogP) is 3.54. The SMILES string of the molecule is CS(=O)(=O)c1ccccc1-c1ccc([O])cc1CC(=O)Nc1cccc(CN)c1. The number of anilines is 1. The van der Waals surface area contributed by atoms with Gasteiger partial charge in [-0.2, -0.15) is 0 Å². The van der Waals surface area contributed by atoms with Crippen LogP contribution in [-0.4, -0.2) is 20.6 Å². The molecule has 7 heteroatoms. The molecule has 0 bridgehead atoms. The fourth-order valence-corrected chi connectivity index (χ4v) is 4.05. The van der Waals surface area contributed by atoms with E-state index in [0.717, 1.165) is 11.8 Å². The Bertz CT molecular complexity index is 1160. The first-order chi connectivity index (χ1) is 13.8.